The standard InChI is InChI=1S/C17H21N5O/c1-3-22(4-2)10-9-20-13-15(12-19)17(23)21-16-8-6-5-7-14(16)11-18/h5-8,13,20H,3-4,9-10H2,1-2H3,(H,21,23)/b15-13-. The first-order valence-corrected chi connectivity index (χ1v) is 7.52. The highest BCUT2D eigenvalue weighted by Gasteiger charge is 2.11. The Morgan fingerprint density at radius 2 is 1.96 bits per heavy atom. The van der Waals surface area contributed by atoms with Gasteiger partial charge in [-0.25, -0.2) is 0 Å². The predicted octanol–water partition coefficient (Wildman–Crippen LogP) is 1.84. The summed E-state index contributed by atoms with van der Waals surface area (Å²) >= 11 is 0. The van der Waals surface area contributed by atoms with Crippen LogP contribution < -0.4 is 10.6 Å². The molecule has 1 rings (SSSR count). The van der Waals surface area contributed by atoms with Gasteiger partial charge in [0.15, 0.2) is 0 Å². The Morgan fingerprint density at radius 3 is 2.57 bits per heavy atom. The number of hydrogen-bond donors (Lipinski definition) is 2. The van der Waals surface area contributed by atoms with Crippen LogP contribution in [0.4, 0.5) is 5.69 Å². The largest absolute Gasteiger partial charge is 0.388 e. The predicted molar refractivity (Wildman–Crippen MR) is 89.3 cm³/mol. The van der Waals surface area contributed by atoms with Crippen molar-refractivity contribution < 1.29 is 4.79 Å². The highest BCUT2D eigenvalue weighted by Crippen LogP contribution is 2.14. The molecule has 1 aromatic rings. The maximum absolute atomic E-state index is 12.1. The van der Waals surface area contributed by atoms with Crippen LogP contribution in [0.25, 0.3) is 0 Å². The molecule has 0 aliphatic heterocycles. The Bertz CT molecular complexity index is 635. The molecule has 0 saturated heterocycles. The lowest BCUT2D eigenvalue weighted by Crippen LogP contribution is -2.30. The molecule has 6 nitrogen and oxygen atoms in total. The molecule has 0 bridgehead atoms. The average molecular weight is 311 g/mol. The number of likely N-dealkylation sites (N-methyl/N-ethyl adjacent to an activating group) is 1. The van der Waals surface area contributed by atoms with E-state index in [0.29, 0.717) is 17.8 Å². The molecule has 0 radical (unpaired) electrons. The number of anilines is 1. The Morgan fingerprint density at radius 1 is 1.26 bits per heavy atom. The third kappa shape index (κ3) is 5.82. The summed E-state index contributed by atoms with van der Waals surface area (Å²) in [6.45, 7) is 7.56. The number of rotatable bonds is 8. The molecule has 0 fully saturated rings. The second-order valence-corrected chi connectivity index (χ2v) is 4.76. The lowest BCUT2D eigenvalue weighted by Gasteiger charge is -2.17. The molecule has 0 aliphatic rings. The topological polar surface area (TPSA) is 91.9 Å². The minimum absolute atomic E-state index is 0.0303. The van der Waals surface area contributed by atoms with E-state index < -0.39 is 5.91 Å². The van der Waals surface area contributed by atoms with Gasteiger partial charge in [0.25, 0.3) is 5.91 Å². The van der Waals surface area contributed by atoms with Crippen molar-refractivity contribution >= 4 is 11.6 Å². The summed E-state index contributed by atoms with van der Waals surface area (Å²) in [6, 6.07) is 10.5. The minimum Gasteiger partial charge on any atom is -0.388 e. The zero-order chi connectivity index (χ0) is 17.1. The Balaban J connectivity index is 2.63. The van der Waals surface area contributed by atoms with E-state index >= 15 is 0 Å². The number of nitrogens with zero attached hydrogens (tertiary/aromatic N) is 3. The first-order chi connectivity index (χ1) is 11.2. The Labute approximate surface area is 137 Å². The number of carbonyl (C=O) groups excluding carboxylic acids is 1. The summed E-state index contributed by atoms with van der Waals surface area (Å²) < 4.78 is 0. The number of carbonyl (C=O) groups is 1. The van der Waals surface area contributed by atoms with Crippen molar-refractivity contribution in [2.24, 2.45) is 0 Å². The average Bonchev–Trinajstić information content (AvgIpc) is 2.58. The first kappa shape index (κ1) is 18.2. The van der Waals surface area contributed by atoms with Gasteiger partial charge in [0, 0.05) is 19.3 Å². The van der Waals surface area contributed by atoms with E-state index in [2.05, 4.69) is 29.4 Å². The van der Waals surface area contributed by atoms with E-state index in [1.54, 1.807) is 24.3 Å². The fourth-order valence-electron chi connectivity index (χ4n) is 1.96. The van der Waals surface area contributed by atoms with E-state index in [-0.39, 0.29) is 5.57 Å². The number of nitriles is 2. The summed E-state index contributed by atoms with van der Waals surface area (Å²) in [5.74, 6) is -0.537. The zero-order valence-corrected chi connectivity index (χ0v) is 13.5. The molecule has 0 aromatic heterocycles. The van der Waals surface area contributed by atoms with Crippen molar-refractivity contribution in [3.63, 3.8) is 0 Å². The van der Waals surface area contributed by atoms with Crippen LogP contribution >= 0.6 is 0 Å². The molecular weight excluding hydrogens is 290 g/mol. The van der Waals surface area contributed by atoms with Crippen LogP contribution in [0.15, 0.2) is 36.0 Å². The first-order valence-electron chi connectivity index (χ1n) is 7.52. The van der Waals surface area contributed by atoms with Crippen LogP contribution in [0.5, 0.6) is 0 Å². The smallest absolute Gasteiger partial charge is 0.267 e. The van der Waals surface area contributed by atoms with Gasteiger partial charge in [0.05, 0.1) is 11.3 Å². The maximum Gasteiger partial charge on any atom is 0.267 e. The molecule has 0 spiro atoms. The number of nitrogens with one attached hydrogen (secondary N) is 2. The molecule has 1 amide bonds. The van der Waals surface area contributed by atoms with Crippen LogP contribution in [0, 0.1) is 22.7 Å². The molecule has 0 heterocycles. The summed E-state index contributed by atoms with van der Waals surface area (Å²) in [5.41, 5.74) is 0.717. The van der Waals surface area contributed by atoms with E-state index in [0.717, 1.165) is 19.6 Å². The lowest BCUT2D eigenvalue weighted by molar-refractivity contribution is -0.112. The third-order valence-corrected chi connectivity index (χ3v) is 3.37. The van der Waals surface area contributed by atoms with E-state index in [1.165, 1.54) is 6.20 Å². The monoisotopic (exact) mass is 311 g/mol. The Hall–Kier alpha value is -2.83. The van der Waals surface area contributed by atoms with Crippen LogP contribution in [-0.2, 0) is 4.79 Å². The molecule has 0 unspecified atom stereocenters. The fraction of sp³-hybridized carbons (Fsp3) is 0.353. The molecular formula is C17H21N5O. The molecule has 0 aliphatic carbocycles. The van der Waals surface area contributed by atoms with Crippen molar-refractivity contribution in [2.45, 2.75) is 13.8 Å². The number of para-hydroxylation sites is 1. The summed E-state index contributed by atoms with van der Waals surface area (Å²) in [7, 11) is 0. The van der Waals surface area contributed by atoms with Gasteiger partial charge in [0.1, 0.15) is 17.7 Å². The van der Waals surface area contributed by atoms with Gasteiger partial charge >= 0.3 is 0 Å². The van der Waals surface area contributed by atoms with Gasteiger partial charge < -0.3 is 15.5 Å². The van der Waals surface area contributed by atoms with E-state index in [4.69, 9.17) is 10.5 Å². The number of benzene rings is 1. The van der Waals surface area contributed by atoms with Gasteiger partial charge in [-0.05, 0) is 25.2 Å². The zero-order valence-electron chi connectivity index (χ0n) is 13.5. The molecule has 0 atom stereocenters. The molecule has 120 valence electrons. The summed E-state index contributed by atoms with van der Waals surface area (Å²) in [6.07, 6.45) is 1.41. The van der Waals surface area contributed by atoms with Crippen molar-refractivity contribution in [2.75, 3.05) is 31.5 Å². The highest BCUT2D eigenvalue weighted by molar-refractivity contribution is 6.07. The van der Waals surface area contributed by atoms with E-state index in [9.17, 15) is 4.79 Å². The van der Waals surface area contributed by atoms with Gasteiger partial charge in [-0.15, -0.1) is 0 Å². The van der Waals surface area contributed by atoms with Crippen molar-refractivity contribution in [1.29, 1.82) is 10.5 Å². The van der Waals surface area contributed by atoms with Crippen LogP contribution in [0.1, 0.15) is 19.4 Å². The second kappa shape index (κ2) is 9.99. The van der Waals surface area contributed by atoms with Crippen LogP contribution in [0.3, 0.4) is 0 Å². The normalized spacial score (nSPS) is 10.7. The minimum atomic E-state index is -0.537. The molecule has 2 N–H and O–H groups in total. The number of amides is 1. The fourth-order valence-corrected chi connectivity index (χ4v) is 1.96. The molecule has 23 heavy (non-hydrogen) atoms. The third-order valence-electron chi connectivity index (χ3n) is 3.37. The van der Waals surface area contributed by atoms with Gasteiger partial charge in [0.2, 0.25) is 0 Å². The quantitative estimate of drug-likeness (QED) is 0.434. The maximum atomic E-state index is 12.1. The summed E-state index contributed by atoms with van der Waals surface area (Å²) in [5, 5.41) is 23.7. The van der Waals surface area contributed by atoms with Crippen LogP contribution in [-0.4, -0.2) is 37.0 Å². The molecule has 6 heteroatoms. The lowest BCUT2D eigenvalue weighted by atomic mass is 10.2. The molecule has 1 aromatic carbocycles. The second-order valence-electron chi connectivity index (χ2n) is 4.76. The van der Waals surface area contributed by atoms with E-state index in [1.807, 2.05) is 12.1 Å². The highest BCUT2D eigenvalue weighted by atomic mass is 16.1. The van der Waals surface area contributed by atoms with Crippen molar-refractivity contribution in [3.8, 4) is 12.1 Å². The summed E-state index contributed by atoms with van der Waals surface area (Å²) in [4.78, 5) is 14.3. The van der Waals surface area contributed by atoms with Gasteiger partial charge in [-0.3, -0.25) is 4.79 Å². The number of hydrogen-bond acceptors (Lipinski definition) is 5. The SMILES string of the molecule is CCN(CC)CCN/C=C(/C#N)C(=O)Nc1ccccc1C#N. The van der Waals surface area contributed by atoms with Gasteiger partial charge in [-0.1, -0.05) is 26.0 Å². The van der Waals surface area contributed by atoms with Crippen LogP contribution in [0.2, 0.25) is 0 Å². The Kier molecular flexibility index (Phi) is 7.91. The van der Waals surface area contributed by atoms with Gasteiger partial charge in [-0.2, -0.15) is 10.5 Å². The molecule has 0 saturated carbocycles. The van der Waals surface area contributed by atoms with Crippen molar-refractivity contribution in [1.82, 2.24) is 10.2 Å². The van der Waals surface area contributed by atoms with Crippen molar-refractivity contribution in [3.05, 3.63) is 41.6 Å².